The Kier molecular flexibility index (Phi) is 2.39. The molecule has 0 aliphatic heterocycles. The molecular weight excluding hydrogens is 160 g/mol. The Morgan fingerprint density at radius 2 is 1.36 bits per heavy atom. The average molecular weight is 167 g/mol. The van der Waals surface area contributed by atoms with Crippen molar-refractivity contribution in [2.24, 2.45) is 0 Å². The van der Waals surface area contributed by atoms with Gasteiger partial charge in [0.2, 0.25) is 0 Å². The standard InChI is InChI=1S/C8H6N2.ClH/c1-3-9-5-8-6-10-4-2-7(1)8;/h1-6H;1H. The fraction of sp³-hybridized carbons (Fsp3) is 0. The molecular formula is C8H7ClN2. The van der Waals surface area contributed by atoms with Crippen molar-refractivity contribution in [3.8, 4) is 0 Å². The molecule has 0 atom stereocenters. The third-order valence-electron chi connectivity index (χ3n) is 1.44. The van der Waals surface area contributed by atoms with E-state index in [2.05, 4.69) is 9.97 Å². The van der Waals surface area contributed by atoms with E-state index in [0.717, 1.165) is 5.39 Å². The summed E-state index contributed by atoms with van der Waals surface area (Å²) in [5.41, 5.74) is 0. The monoisotopic (exact) mass is 166 g/mol. The molecule has 0 aliphatic rings. The number of hydrogen-bond donors (Lipinski definition) is 0. The van der Waals surface area contributed by atoms with E-state index < -0.39 is 0 Å². The zero-order valence-electron chi connectivity index (χ0n) is 5.77. The lowest BCUT2D eigenvalue weighted by atomic mass is 10.2. The fourth-order valence-corrected chi connectivity index (χ4v) is 0.924. The van der Waals surface area contributed by atoms with Crippen LogP contribution in [0.1, 0.15) is 0 Å². The lowest BCUT2D eigenvalue weighted by Gasteiger charge is -1.91. The van der Waals surface area contributed by atoms with E-state index in [0.29, 0.717) is 0 Å². The van der Waals surface area contributed by atoms with Crippen molar-refractivity contribution in [2.75, 3.05) is 0 Å². The van der Waals surface area contributed by atoms with Gasteiger partial charge < -0.3 is 0 Å². The van der Waals surface area contributed by atoms with Gasteiger partial charge in [0.15, 0.2) is 0 Å². The lowest BCUT2D eigenvalue weighted by Crippen LogP contribution is -1.74. The smallest absolute Gasteiger partial charge is 0.0361 e. The van der Waals surface area contributed by atoms with Crippen molar-refractivity contribution in [2.45, 2.75) is 0 Å². The molecule has 0 N–H and O–H groups in total. The first kappa shape index (κ1) is 7.95. The van der Waals surface area contributed by atoms with Gasteiger partial charge in [-0.05, 0) is 17.5 Å². The zero-order valence-corrected chi connectivity index (χ0v) is 6.58. The van der Waals surface area contributed by atoms with E-state index in [1.807, 2.05) is 24.5 Å². The van der Waals surface area contributed by atoms with Crippen LogP contribution in [0.15, 0.2) is 36.9 Å². The zero-order chi connectivity index (χ0) is 6.81. The minimum absolute atomic E-state index is 0. The van der Waals surface area contributed by atoms with Crippen LogP contribution in [0.2, 0.25) is 0 Å². The molecule has 0 bridgehead atoms. The normalized spacial score (nSPS) is 9.09. The molecule has 2 nitrogen and oxygen atoms in total. The van der Waals surface area contributed by atoms with E-state index in [4.69, 9.17) is 0 Å². The highest BCUT2D eigenvalue weighted by Crippen LogP contribution is 2.07. The van der Waals surface area contributed by atoms with Crippen molar-refractivity contribution in [1.29, 1.82) is 0 Å². The maximum atomic E-state index is 3.97. The number of fused-ring (bicyclic) bond motifs is 1. The van der Waals surface area contributed by atoms with E-state index in [9.17, 15) is 0 Å². The average Bonchev–Trinajstić information content (AvgIpc) is 2.05. The number of aromatic nitrogens is 2. The molecule has 3 heteroatoms. The van der Waals surface area contributed by atoms with Crippen LogP contribution in [0.4, 0.5) is 0 Å². The van der Waals surface area contributed by atoms with Crippen LogP contribution in [0.5, 0.6) is 0 Å². The number of rotatable bonds is 0. The Hall–Kier alpha value is -1.15. The Labute approximate surface area is 70.7 Å². The largest absolute Gasteiger partial charge is 0.264 e. The molecule has 0 spiro atoms. The molecule has 56 valence electrons. The lowest BCUT2D eigenvalue weighted by molar-refractivity contribution is 1.32. The third-order valence-corrected chi connectivity index (χ3v) is 1.44. The van der Waals surface area contributed by atoms with Crippen LogP contribution in [0, 0.1) is 0 Å². The van der Waals surface area contributed by atoms with E-state index in [1.54, 1.807) is 12.4 Å². The van der Waals surface area contributed by atoms with E-state index >= 15 is 0 Å². The molecule has 2 rings (SSSR count). The van der Waals surface area contributed by atoms with Gasteiger partial charge in [0.25, 0.3) is 0 Å². The minimum Gasteiger partial charge on any atom is -0.264 e. The number of hydrogen-bond acceptors (Lipinski definition) is 2. The highest BCUT2D eigenvalue weighted by atomic mass is 35.5. The second-order valence-electron chi connectivity index (χ2n) is 2.10. The molecule has 11 heavy (non-hydrogen) atoms. The molecule has 2 heterocycles. The maximum Gasteiger partial charge on any atom is 0.0361 e. The van der Waals surface area contributed by atoms with Gasteiger partial charge in [0.05, 0.1) is 0 Å². The molecule has 2 aromatic heterocycles. The summed E-state index contributed by atoms with van der Waals surface area (Å²) >= 11 is 0. The van der Waals surface area contributed by atoms with Gasteiger partial charge in [-0.1, -0.05) is 0 Å². The van der Waals surface area contributed by atoms with Crippen molar-refractivity contribution in [3.05, 3.63) is 36.9 Å². The molecule has 0 aliphatic carbocycles. The van der Waals surface area contributed by atoms with Gasteiger partial charge in [0, 0.05) is 30.2 Å². The summed E-state index contributed by atoms with van der Waals surface area (Å²) in [4.78, 5) is 7.95. The minimum atomic E-state index is 0. The van der Waals surface area contributed by atoms with E-state index in [-0.39, 0.29) is 12.4 Å². The first-order valence-electron chi connectivity index (χ1n) is 3.10. The highest BCUT2D eigenvalue weighted by Gasteiger charge is 1.87. The van der Waals surface area contributed by atoms with E-state index in [1.165, 1.54) is 5.39 Å². The highest BCUT2D eigenvalue weighted by molar-refractivity contribution is 5.85. The topological polar surface area (TPSA) is 25.8 Å². The SMILES string of the molecule is Cl.c1cc2ccncc2cn1. The number of halogens is 1. The quantitative estimate of drug-likeness (QED) is 0.599. The van der Waals surface area contributed by atoms with Gasteiger partial charge in [0.1, 0.15) is 0 Å². The van der Waals surface area contributed by atoms with Crippen LogP contribution >= 0.6 is 12.4 Å². The van der Waals surface area contributed by atoms with Crippen LogP contribution in [0.3, 0.4) is 0 Å². The Bertz CT molecular complexity index is 283. The maximum absolute atomic E-state index is 3.97. The summed E-state index contributed by atoms with van der Waals surface area (Å²) in [7, 11) is 0. The van der Waals surface area contributed by atoms with Gasteiger partial charge >= 0.3 is 0 Å². The summed E-state index contributed by atoms with van der Waals surface area (Å²) in [6.07, 6.45) is 7.18. The molecule has 0 radical (unpaired) electrons. The van der Waals surface area contributed by atoms with Crippen molar-refractivity contribution in [1.82, 2.24) is 9.97 Å². The molecule has 0 aromatic carbocycles. The van der Waals surface area contributed by atoms with Crippen molar-refractivity contribution < 1.29 is 0 Å². The molecule has 0 saturated carbocycles. The molecule has 0 fully saturated rings. The van der Waals surface area contributed by atoms with Gasteiger partial charge in [-0.3, -0.25) is 9.97 Å². The van der Waals surface area contributed by atoms with Crippen molar-refractivity contribution >= 4 is 23.2 Å². The van der Waals surface area contributed by atoms with Crippen molar-refractivity contribution in [3.63, 3.8) is 0 Å². The molecule has 0 saturated heterocycles. The van der Waals surface area contributed by atoms with Gasteiger partial charge in [-0.15, -0.1) is 12.4 Å². The molecule has 0 unspecified atom stereocenters. The predicted octanol–water partition coefficient (Wildman–Crippen LogP) is 2.05. The van der Waals surface area contributed by atoms with Crippen LogP contribution in [0.25, 0.3) is 10.8 Å². The van der Waals surface area contributed by atoms with Gasteiger partial charge in [-0.2, -0.15) is 0 Å². The Balaban J connectivity index is 0.000000605. The number of nitrogens with zero attached hydrogens (tertiary/aromatic N) is 2. The summed E-state index contributed by atoms with van der Waals surface area (Å²) in [5.74, 6) is 0. The summed E-state index contributed by atoms with van der Waals surface area (Å²) in [5, 5.41) is 2.27. The second kappa shape index (κ2) is 3.30. The summed E-state index contributed by atoms with van der Waals surface area (Å²) in [6, 6.07) is 3.94. The van der Waals surface area contributed by atoms with Gasteiger partial charge in [-0.25, -0.2) is 0 Å². The van der Waals surface area contributed by atoms with Crippen LogP contribution in [-0.2, 0) is 0 Å². The second-order valence-corrected chi connectivity index (χ2v) is 2.10. The summed E-state index contributed by atoms with van der Waals surface area (Å²) < 4.78 is 0. The molecule has 2 aromatic rings. The predicted molar refractivity (Wildman–Crippen MR) is 46.8 cm³/mol. The van der Waals surface area contributed by atoms with Crippen LogP contribution < -0.4 is 0 Å². The first-order valence-corrected chi connectivity index (χ1v) is 3.10. The third kappa shape index (κ3) is 1.46. The Morgan fingerprint density at radius 1 is 0.818 bits per heavy atom. The Morgan fingerprint density at radius 3 is 1.82 bits per heavy atom. The first-order chi connectivity index (χ1) is 4.97. The number of pyridine rings is 2. The summed E-state index contributed by atoms with van der Waals surface area (Å²) in [6.45, 7) is 0. The van der Waals surface area contributed by atoms with Crippen LogP contribution in [-0.4, -0.2) is 9.97 Å². The fourth-order valence-electron chi connectivity index (χ4n) is 0.924. The molecule has 0 amide bonds.